The van der Waals surface area contributed by atoms with Gasteiger partial charge in [0.15, 0.2) is 0 Å². The number of nitrogens with two attached hydrogens (primary N) is 1. The Balaban J connectivity index is 1.80. The Morgan fingerprint density at radius 3 is 3.05 bits per heavy atom. The van der Waals surface area contributed by atoms with Crippen LogP contribution < -0.4 is 10.5 Å². The van der Waals surface area contributed by atoms with Crippen LogP contribution >= 0.6 is 11.6 Å². The van der Waals surface area contributed by atoms with Crippen LogP contribution in [0, 0.1) is 11.8 Å². The van der Waals surface area contributed by atoms with Gasteiger partial charge < -0.3 is 10.5 Å². The molecule has 1 fully saturated rings. The minimum absolute atomic E-state index is 0.121. The number of hydrogen-bond acceptors (Lipinski definition) is 3. The van der Waals surface area contributed by atoms with E-state index < -0.39 is 0 Å². The number of hydrogen-bond donors (Lipinski definition) is 1. The molecule has 2 N–H and O–H groups in total. The molecule has 0 saturated heterocycles. The van der Waals surface area contributed by atoms with Crippen molar-refractivity contribution < 1.29 is 9.53 Å². The summed E-state index contributed by atoms with van der Waals surface area (Å²) in [6.45, 7) is 1.30. The third-order valence-corrected chi connectivity index (χ3v) is 4.78. The highest BCUT2D eigenvalue weighted by Gasteiger charge is 2.32. The molecule has 3 nitrogen and oxygen atoms in total. The van der Waals surface area contributed by atoms with E-state index in [1.54, 1.807) is 0 Å². The third kappa shape index (κ3) is 2.57. The van der Waals surface area contributed by atoms with Crippen LogP contribution in [0.3, 0.4) is 0 Å². The molecule has 1 aromatic carbocycles. The molecule has 2 atom stereocenters. The first-order chi connectivity index (χ1) is 9.69. The molecule has 3 rings (SSSR count). The van der Waals surface area contributed by atoms with Crippen LogP contribution in [0.1, 0.15) is 30.4 Å². The van der Waals surface area contributed by atoms with Gasteiger partial charge in [0, 0.05) is 29.3 Å². The van der Waals surface area contributed by atoms with Gasteiger partial charge in [-0.3, -0.25) is 4.79 Å². The minimum atomic E-state index is 0.121. The van der Waals surface area contributed by atoms with Crippen LogP contribution in [0.5, 0.6) is 5.75 Å². The molecule has 4 heteroatoms. The molecule has 1 aliphatic heterocycles. The molecular weight excluding hydrogens is 274 g/mol. The van der Waals surface area contributed by atoms with E-state index in [-0.39, 0.29) is 11.7 Å². The first kappa shape index (κ1) is 13.9. The van der Waals surface area contributed by atoms with Gasteiger partial charge in [0.1, 0.15) is 11.5 Å². The summed E-state index contributed by atoms with van der Waals surface area (Å²) in [6.07, 6.45) is 4.47. The molecule has 0 amide bonds. The number of carbonyl (C=O) groups is 1. The second-order valence-electron chi connectivity index (χ2n) is 5.83. The van der Waals surface area contributed by atoms with Crippen molar-refractivity contribution in [1.29, 1.82) is 0 Å². The zero-order valence-corrected chi connectivity index (χ0v) is 12.3. The maximum absolute atomic E-state index is 12.5. The summed E-state index contributed by atoms with van der Waals surface area (Å²) < 4.78 is 5.67. The molecule has 1 aliphatic carbocycles. The van der Waals surface area contributed by atoms with Crippen molar-refractivity contribution in [1.82, 2.24) is 0 Å². The Morgan fingerprint density at radius 2 is 2.25 bits per heavy atom. The van der Waals surface area contributed by atoms with Crippen molar-refractivity contribution in [3.63, 3.8) is 0 Å². The van der Waals surface area contributed by atoms with Crippen molar-refractivity contribution >= 4 is 17.4 Å². The summed E-state index contributed by atoms with van der Waals surface area (Å²) in [5.74, 6) is 1.65. The Labute approximate surface area is 124 Å². The molecule has 2 unspecified atom stereocenters. The van der Waals surface area contributed by atoms with Crippen LogP contribution in [0.2, 0.25) is 5.02 Å². The lowest BCUT2D eigenvalue weighted by Crippen LogP contribution is -2.26. The molecule has 1 aromatic rings. The van der Waals surface area contributed by atoms with E-state index in [4.69, 9.17) is 22.1 Å². The van der Waals surface area contributed by atoms with E-state index >= 15 is 0 Å². The van der Waals surface area contributed by atoms with E-state index in [1.165, 1.54) is 0 Å². The summed E-state index contributed by atoms with van der Waals surface area (Å²) in [7, 11) is 0. The second-order valence-corrected chi connectivity index (χ2v) is 6.26. The van der Waals surface area contributed by atoms with Gasteiger partial charge in [-0.2, -0.15) is 0 Å². The van der Waals surface area contributed by atoms with Crippen molar-refractivity contribution in [2.45, 2.75) is 32.1 Å². The van der Waals surface area contributed by atoms with Gasteiger partial charge in [0.2, 0.25) is 0 Å². The highest BCUT2D eigenvalue weighted by atomic mass is 35.5. The average Bonchev–Trinajstić information content (AvgIpc) is 3.06. The van der Waals surface area contributed by atoms with Crippen molar-refractivity contribution in [3.05, 3.63) is 28.3 Å². The van der Waals surface area contributed by atoms with Crippen molar-refractivity contribution in [2.24, 2.45) is 17.6 Å². The van der Waals surface area contributed by atoms with Crippen LogP contribution in [-0.4, -0.2) is 18.9 Å². The van der Waals surface area contributed by atoms with Crippen LogP contribution in [0.15, 0.2) is 12.1 Å². The summed E-state index contributed by atoms with van der Waals surface area (Å²) in [6, 6.07) is 3.81. The van der Waals surface area contributed by atoms with Crippen LogP contribution in [0.25, 0.3) is 0 Å². The second kappa shape index (κ2) is 5.74. The topological polar surface area (TPSA) is 52.3 Å². The maximum atomic E-state index is 12.5. The fourth-order valence-corrected chi connectivity index (χ4v) is 3.80. The number of carbonyl (C=O) groups excluding carboxylic acids is 1. The van der Waals surface area contributed by atoms with Crippen molar-refractivity contribution in [2.75, 3.05) is 13.2 Å². The number of ketones is 1. The van der Waals surface area contributed by atoms with E-state index in [2.05, 4.69) is 0 Å². The predicted molar refractivity (Wildman–Crippen MR) is 79.2 cm³/mol. The minimum Gasteiger partial charge on any atom is -0.493 e. The smallest absolute Gasteiger partial charge is 0.140 e. The van der Waals surface area contributed by atoms with Gasteiger partial charge in [-0.15, -0.1) is 0 Å². The highest BCUT2D eigenvalue weighted by molar-refractivity contribution is 6.30. The van der Waals surface area contributed by atoms with Crippen LogP contribution in [0.4, 0.5) is 0 Å². The Hall–Kier alpha value is -1.06. The summed E-state index contributed by atoms with van der Waals surface area (Å²) >= 11 is 6.14. The zero-order valence-electron chi connectivity index (χ0n) is 11.5. The molecule has 0 aromatic heterocycles. The predicted octanol–water partition coefficient (Wildman–Crippen LogP) is 2.76. The number of rotatable bonds is 4. The van der Waals surface area contributed by atoms with Gasteiger partial charge in [-0.25, -0.2) is 0 Å². The fourth-order valence-electron chi connectivity index (χ4n) is 3.54. The Kier molecular flexibility index (Phi) is 3.99. The van der Waals surface area contributed by atoms with Gasteiger partial charge in [-0.05, 0) is 43.0 Å². The number of ether oxygens (including phenoxy) is 1. The lowest BCUT2D eigenvalue weighted by atomic mass is 9.88. The Bertz CT molecular complexity index is 529. The van der Waals surface area contributed by atoms with Gasteiger partial charge in [0.25, 0.3) is 0 Å². The average molecular weight is 294 g/mol. The third-order valence-electron chi connectivity index (χ3n) is 4.57. The molecule has 108 valence electrons. The molecule has 0 spiro atoms. The van der Waals surface area contributed by atoms with E-state index in [9.17, 15) is 4.79 Å². The molecule has 0 bridgehead atoms. The number of fused-ring (bicyclic) bond motifs is 1. The van der Waals surface area contributed by atoms with Gasteiger partial charge in [0.05, 0.1) is 6.61 Å². The fraction of sp³-hybridized carbons (Fsp3) is 0.562. The number of Topliss-reactive ketones (excluding diaryl/α,β-unsaturated/α-hetero) is 1. The van der Waals surface area contributed by atoms with Crippen LogP contribution in [-0.2, 0) is 17.6 Å². The number of halogens is 1. The molecule has 1 heterocycles. The summed E-state index contributed by atoms with van der Waals surface area (Å²) in [5, 5.41) is 0.693. The van der Waals surface area contributed by atoms with E-state index in [0.29, 0.717) is 30.5 Å². The monoisotopic (exact) mass is 293 g/mol. The SMILES string of the molecule is NCC1CCCC1C(=O)Cc1cc(Cl)cc2c1OCC2. The lowest BCUT2D eigenvalue weighted by molar-refractivity contribution is -0.123. The van der Waals surface area contributed by atoms with Crippen molar-refractivity contribution in [3.8, 4) is 5.75 Å². The first-order valence-electron chi connectivity index (χ1n) is 7.36. The van der Waals surface area contributed by atoms with Gasteiger partial charge in [-0.1, -0.05) is 18.0 Å². The summed E-state index contributed by atoms with van der Waals surface area (Å²) in [4.78, 5) is 12.5. The summed E-state index contributed by atoms with van der Waals surface area (Å²) in [5.41, 5.74) is 7.84. The highest BCUT2D eigenvalue weighted by Crippen LogP contribution is 2.36. The van der Waals surface area contributed by atoms with E-state index in [1.807, 2.05) is 12.1 Å². The molecular formula is C16H20ClNO2. The zero-order chi connectivity index (χ0) is 14.1. The molecule has 1 saturated carbocycles. The largest absolute Gasteiger partial charge is 0.493 e. The quantitative estimate of drug-likeness (QED) is 0.929. The van der Waals surface area contributed by atoms with Gasteiger partial charge >= 0.3 is 0 Å². The number of benzene rings is 1. The maximum Gasteiger partial charge on any atom is 0.140 e. The molecule has 2 aliphatic rings. The van der Waals surface area contributed by atoms with E-state index in [0.717, 1.165) is 42.6 Å². The molecule has 20 heavy (non-hydrogen) atoms. The Morgan fingerprint density at radius 1 is 1.40 bits per heavy atom. The standard InChI is InChI=1S/C16H20ClNO2/c17-13-6-10-4-5-20-16(10)12(7-13)8-15(19)14-3-1-2-11(14)9-18/h6-7,11,14H,1-5,8-9,18H2. The molecule has 0 radical (unpaired) electrons. The first-order valence-corrected chi connectivity index (χ1v) is 7.73. The normalized spacial score (nSPS) is 24.5. The lowest BCUT2D eigenvalue weighted by Gasteiger charge is -2.17.